The van der Waals surface area contributed by atoms with E-state index in [1.807, 2.05) is 36.4 Å². The molecule has 0 heterocycles. The van der Waals surface area contributed by atoms with Gasteiger partial charge in [-0.2, -0.15) is 8.78 Å². The van der Waals surface area contributed by atoms with Gasteiger partial charge in [0.1, 0.15) is 0 Å². The standard InChI is InChI=1S/C15H16F2N2S2/c1-18(13-9-5-3-6-10-13)20-15(16,17)21-19(2)14-11-7-4-8-12-14/h3-12H,1-2H3. The maximum atomic E-state index is 14.1. The van der Waals surface area contributed by atoms with Crippen molar-refractivity contribution in [2.75, 3.05) is 22.7 Å². The summed E-state index contributed by atoms with van der Waals surface area (Å²) in [6, 6.07) is 18.2. The van der Waals surface area contributed by atoms with Gasteiger partial charge in [0.25, 0.3) is 0 Å². The maximum Gasteiger partial charge on any atom is 0.378 e. The summed E-state index contributed by atoms with van der Waals surface area (Å²) in [6.07, 6.45) is 0. The summed E-state index contributed by atoms with van der Waals surface area (Å²) in [5.41, 5.74) is 1.48. The molecule has 0 unspecified atom stereocenters. The molecule has 6 heteroatoms. The Kier molecular flexibility index (Phi) is 5.36. The fourth-order valence-corrected chi connectivity index (χ4v) is 3.61. The molecule has 2 aromatic rings. The Labute approximate surface area is 132 Å². The van der Waals surface area contributed by atoms with Crippen molar-refractivity contribution in [3.05, 3.63) is 60.7 Å². The maximum absolute atomic E-state index is 14.1. The molecule has 21 heavy (non-hydrogen) atoms. The molecule has 0 atom stereocenters. The number of para-hydroxylation sites is 2. The minimum absolute atomic E-state index is 0.499. The third-order valence-corrected chi connectivity index (χ3v) is 4.57. The summed E-state index contributed by atoms with van der Waals surface area (Å²) in [5.74, 6) is 0. The van der Waals surface area contributed by atoms with Gasteiger partial charge in [0.2, 0.25) is 0 Å². The van der Waals surface area contributed by atoms with Gasteiger partial charge in [-0.25, -0.2) is 0 Å². The minimum atomic E-state index is -2.96. The highest BCUT2D eigenvalue weighted by molar-refractivity contribution is 8.18. The number of nitrogens with zero attached hydrogens (tertiary/aromatic N) is 2. The van der Waals surface area contributed by atoms with Gasteiger partial charge >= 0.3 is 4.59 Å². The molecule has 0 saturated carbocycles. The van der Waals surface area contributed by atoms with Crippen molar-refractivity contribution in [2.45, 2.75) is 4.59 Å². The molecule has 0 aliphatic rings. The van der Waals surface area contributed by atoms with Crippen molar-refractivity contribution >= 4 is 35.3 Å². The highest BCUT2D eigenvalue weighted by Crippen LogP contribution is 2.45. The van der Waals surface area contributed by atoms with Crippen molar-refractivity contribution in [1.82, 2.24) is 0 Å². The highest BCUT2D eigenvalue weighted by atomic mass is 32.2. The normalized spacial score (nSPS) is 11.2. The topological polar surface area (TPSA) is 6.48 Å². The second-order valence-electron chi connectivity index (χ2n) is 4.31. The second-order valence-corrected chi connectivity index (χ2v) is 7.06. The van der Waals surface area contributed by atoms with Crippen LogP contribution in [-0.2, 0) is 0 Å². The molecule has 0 aliphatic carbocycles. The summed E-state index contributed by atoms with van der Waals surface area (Å²) < 4.78 is 28.3. The molecule has 0 aliphatic heterocycles. The van der Waals surface area contributed by atoms with E-state index in [9.17, 15) is 8.78 Å². The lowest BCUT2D eigenvalue weighted by molar-refractivity contribution is 0.212. The Morgan fingerprint density at radius 3 is 1.38 bits per heavy atom. The third-order valence-electron chi connectivity index (χ3n) is 2.73. The number of alkyl halides is 2. The largest absolute Gasteiger partial charge is 0.378 e. The van der Waals surface area contributed by atoms with E-state index >= 15 is 0 Å². The molecule has 0 spiro atoms. The van der Waals surface area contributed by atoms with Gasteiger partial charge in [0, 0.05) is 49.4 Å². The molecular weight excluding hydrogens is 310 g/mol. The van der Waals surface area contributed by atoms with E-state index in [1.165, 1.54) is 8.61 Å². The summed E-state index contributed by atoms with van der Waals surface area (Å²) >= 11 is 0.999. The Morgan fingerprint density at radius 1 is 0.714 bits per heavy atom. The lowest BCUT2D eigenvalue weighted by Gasteiger charge is -2.27. The first kappa shape index (κ1) is 16.0. The van der Waals surface area contributed by atoms with E-state index in [2.05, 4.69) is 0 Å². The molecule has 2 nitrogen and oxygen atoms in total. The van der Waals surface area contributed by atoms with Gasteiger partial charge in [0.05, 0.1) is 0 Å². The number of rotatable bonds is 6. The second kappa shape index (κ2) is 7.04. The van der Waals surface area contributed by atoms with Crippen LogP contribution in [0.3, 0.4) is 0 Å². The van der Waals surface area contributed by atoms with Crippen molar-refractivity contribution in [3.8, 4) is 0 Å². The SMILES string of the molecule is CN(SC(F)(F)SN(C)c1ccccc1)c1ccccc1. The van der Waals surface area contributed by atoms with Crippen LogP contribution in [0.5, 0.6) is 0 Å². The van der Waals surface area contributed by atoms with Crippen molar-refractivity contribution < 1.29 is 8.78 Å². The van der Waals surface area contributed by atoms with E-state index in [1.54, 1.807) is 38.4 Å². The minimum Gasteiger partial charge on any atom is -0.314 e. The average molecular weight is 326 g/mol. The summed E-state index contributed by atoms with van der Waals surface area (Å²) in [6.45, 7) is 0. The zero-order valence-electron chi connectivity index (χ0n) is 11.7. The fourth-order valence-electron chi connectivity index (χ4n) is 1.72. The monoisotopic (exact) mass is 326 g/mol. The zero-order valence-corrected chi connectivity index (χ0v) is 13.4. The number of benzene rings is 2. The average Bonchev–Trinajstić information content (AvgIpc) is 2.48. The number of hydrogen-bond donors (Lipinski definition) is 0. The Bertz CT molecular complexity index is 503. The molecule has 2 rings (SSSR count). The van der Waals surface area contributed by atoms with Crippen LogP contribution in [0.2, 0.25) is 0 Å². The molecule has 0 N–H and O–H groups in total. The summed E-state index contributed by atoms with van der Waals surface area (Å²) in [4.78, 5) is 0. The van der Waals surface area contributed by atoms with Gasteiger partial charge in [-0.1, -0.05) is 36.4 Å². The predicted octanol–water partition coefficient (Wildman–Crippen LogP) is 5.11. The molecule has 0 saturated heterocycles. The third kappa shape index (κ3) is 4.82. The first-order chi connectivity index (χ1) is 9.98. The Balaban J connectivity index is 1.98. The van der Waals surface area contributed by atoms with E-state index in [4.69, 9.17) is 0 Å². The van der Waals surface area contributed by atoms with Gasteiger partial charge in [0.15, 0.2) is 0 Å². The van der Waals surface area contributed by atoms with Crippen LogP contribution >= 0.6 is 23.9 Å². The van der Waals surface area contributed by atoms with Crippen LogP contribution in [0.15, 0.2) is 60.7 Å². The van der Waals surface area contributed by atoms with Crippen molar-refractivity contribution in [1.29, 1.82) is 0 Å². The van der Waals surface area contributed by atoms with Crippen LogP contribution in [-0.4, -0.2) is 18.7 Å². The van der Waals surface area contributed by atoms with Crippen molar-refractivity contribution in [2.24, 2.45) is 0 Å². The van der Waals surface area contributed by atoms with Gasteiger partial charge in [-0.3, -0.25) is 0 Å². The molecule has 0 bridgehead atoms. The molecule has 0 aromatic heterocycles. The van der Waals surface area contributed by atoms with E-state index < -0.39 is 4.59 Å². The van der Waals surface area contributed by atoms with Crippen LogP contribution in [0.4, 0.5) is 20.2 Å². The molecule has 0 fully saturated rings. The quantitative estimate of drug-likeness (QED) is 0.537. The van der Waals surface area contributed by atoms with E-state index in [-0.39, 0.29) is 0 Å². The highest BCUT2D eigenvalue weighted by Gasteiger charge is 2.36. The van der Waals surface area contributed by atoms with Gasteiger partial charge < -0.3 is 8.61 Å². The summed E-state index contributed by atoms with van der Waals surface area (Å²) in [7, 11) is 3.27. The van der Waals surface area contributed by atoms with Crippen molar-refractivity contribution in [3.63, 3.8) is 0 Å². The number of halogens is 2. The van der Waals surface area contributed by atoms with Crippen LogP contribution in [0.25, 0.3) is 0 Å². The lowest BCUT2D eigenvalue weighted by Crippen LogP contribution is -2.22. The molecular formula is C15H16F2N2S2. The zero-order chi connectivity index (χ0) is 15.3. The van der Waals surface area contributed by atoms with Gasteiger partial charge in [-0.15, -0.1) is 0 Å². The van der Waals surface area contributed by atoms with Crippen LogP contribution < -0.4 is 8.61 Å². The van der Waals surface area contributed by atoms with E-state index in [0.29, 0.717) is 23.9 Å². The number of hydrogen-bond acceptors (Lipinski definition) is 4. The Hall–Kier alpha value is -1.40. The molecule has 112 valence electrons. The summed E-state index contributed by atoms with van der Waals surface area (Å²) in [5, 5.41) is 0. The smallest absolute Gasteiger partial charge is 0.314 e. The van der Waals surface area contributed by atoms with Crippen LogP contribution in [0.1, 0.15) is 0 Å². The lowest BCUT2D eigenvalue weighted by atomic mass is 10.3. The first-order valence-corrected chi connectivity index (χ1v) is 7.86. The molecule has 0 radical (unpaired) electrons. The fraction of sp³-hybridized carbons (Fsp3) is 0.200. The van der Waals surface area contributed by atoms with Gasteiger partial charge in [-0.05, 0) is 24.3 Å². The Morgan fingerprint density at radius 2 is 1.05 bits per heavy atom. The molecule has 0 amide bonds. The predicted molar refractivity (Wildman–Crippen MR) is 89.8 cm³/mol. The number of anilines is 2. The van der Waals surface area contributed by atoms with E-state index in [0.717, 1.165) is 11.4 Å². The molecule has 2 aromatic carbocycles. The van der Waals surface area contributed by atoms with Crippen LogP contribution in [0, 0.1) is 0 Å². The first-order valence-electron chi connectivity index (χ1n) is 6.31.